The molecule has 0 aromatic carbocycles. The predicted octanol–water partition coefficient (Wildman–Crippen LogP) is 2.38. The SMILES string of the molecule is Cc1ccc(-c2nc(C(=O)NCc3ccnn3C)cs2)o1. The van der Waals surface area contributed by atoms with Crippen LogP contribution in [0, 0.1) is 6.92 Å². The number of rotatable bonds is 4. The first-order chi connectivity index (χ1) is 10.1. The molecule has 3 aromatic rings. The van der Waals surface area contributed by atoms with Gasteiger partial charge in [0.05, 0.1) is 12.2 Å². The molecule has 0 saturated carbocycles. The zero-order valence-electron chi connectivity index (χ0n) is 11.7. The molecular formula is C14H14N4O2S. The number of carbonyl (C=O) groups excluding carboxylic acids is 1. The van der Waals surface area contributed by atoms with Crippen molar-refractivity contribution in [3.05, 3.63) is 46.9 Å². The number of nitrogens with zero attached hydrogens (tertiary/aromatic N) is 3. The molecule has 1 amide bonds. The zero-order chi connectivity index (χ0) is 14.8. The summed E-state index contributed by atoms with van der Waals surface area (Å²) >= 11 is 1.39. The monoisotopic (exact) mass is 302 g/mol. The number of nitrogens with one attached hydrogen (secondary N) is 1. The Balaban J connectivity index is 1.68. The number of aryl methyl sites for hydroxylation is 2. The highest BCUT2D eigenvalue weighted by molar-refractivity contribution is 7.13. The molecule has 0 atom stereocenters. The first-order valence-electron chi connectivity index (χ1n) is 6.41. The minimum Gasteiger partial charge on any atom is -0.459 e. The maximum absolute atomic E-state index is 12.1. The van der Waals surface area contributed by atoms with Crippen LogP contribution in [0.2, 0.25) is 0 Å². The van der Waals surface area contributed by atoms with Gasteiger partial charge in [-0.3, -0.25) is 9.48 Å². The Morgan fingerprint density at radius 3 is 2.95 bits per heavy atom. The summed E-state index contributed by atoms with van der Waals surface area (Å²) in [4.78, 5) is 16.4. The van der Waals surface area contributed by atoms with Crippen molar-refractivity contribution in [1.82, 2.24) is 20.1 Å². The van der Waals surface area contributed by atoms with Crippen molar-refractivity contribution in [2.45, 2.75) is 13.5 Å². The molecule has 6 nitrogen and oxygen atoms in total. The van der Waals surface area contributed by atoms with Gasteiger partial charge in [0, 0.05) is 18.6 Å². The van der Waals surface area contributed by atoms with Crippen LogP contribution >= 0.6 is 11.3 Å². The summed E-state index contributed by atoms with van der Waals surface area (Å²) in [6.07, 6.45) is 1.70. The smallest absolute Gasteiger partial charge is 0.271 e. The third-order valence-electron chi connectivity index (χ3n) is 3.04. The van der Waals surface area contributed by atoms with Crippen molar-refractivity contribution in [2.75, 3.05) is 0 Å². The maximum atomic E-state index is 12.1. The van der Waals surface area contributed by atoms with E-state index in [1.54, 1.807) is 16.3 Å². The van der Waals surface area contributed by atoms with Gasteiger partial charge >= 0.3 is 0 Å². The van der Waals surface area contributed by atoms with Gasteiger partial charge in [0.2, 0.25) is 0 Å². The average Bonchev–Trinajstić information content (AvgIpc) is 3.16. The van der Waals surface area contributed by atoms with E-state index in [-0.39, 0.29) is 5.91 Å². The summed E-state index contributed by atoms with van der Waals surface area (Å²) in [5.41, 5.74) is 1.33. The van der Waals surface area contributed by atoms with Gasteiger partial charge in [-0.05, 0) is 25.1 Å². The molecular weight excluding hydrogens is 288 g/mol. The van der Waals surface area contributed by atoms with Crippen LogP contribution < -0.4 is 5.32 Å². The topological polar surface area (TPSA) is 73.0 Å². The Morgan fingerprint density at radius 2 is 2.29 bits per heavy atom. The lowest BCUT2D eigenvalue weighted by atomic mass is 10.4. The number of thiazole rings is 1. The molecule has 0 aliphatic heterocycles. The normalized spacial score (nSPS) is 10.8. The molecule has 0 bridgehead atoms. The van der Waals surface area contributed by atoms with Crippen molar-refractivity contribution in [1.29, 1.82) is 0 Å². The third kappa shape index (κ3) is 2.87. The second-order valence-electron chi connectivity index (χ2n) is 4.58. The average molecular weight is 302 g/mol. The summed E-state index contributed by atoms with van der Waals surface area (Å²) in [6, 6.07) is 5.59. The predicted molar refractivity (Wildman–Crippen MR) is 78.9 cm³/mol. The lowest BCUT2D eigenvalue weighted by Crippen LogP contribution is -2.24. The molecule has 0 aliphatic rings. The van der Waals surface area contributed by atoms with Crippen molar-refractivity contribution in [2.24, 2.45) is 7.05 Å². The standard InChI is InChI=1S/C14H14N4O2S/c1-9-3-4-12(20-9)14-17-11(8-21-14)13(19)15-7-10-5-6-16-18(10)2/h3-6,8H,7H2,1-2H3,(H,15,19). The lowest BCUT2D eigenvalue weighted by molar-refractivity contribution is 0.0946. The minimum absolute atomic E-state index is 0.207. The highest BCUT2D eigenvalue weighted by Gasteiger charge is 2.14. The number of amides is 1. The Bertz CT molecular complexity index is 771. The molecule has 0 aliphatic carbocycles. The Labute approximate surface area is 125 Å². The number of furan rings is 1. The van der Waals surface area contributed by atoms with Crippen LogP contribution in [-0.2, 0) is 13.6 Å². The van der Waals surface area contributed by atoms with E-state index in [0.29, 0.717) is 23.0 Å². The van der Waals surface area contributed by atoms with Crippen molar-refractivity contribution < 1.29 is 9.21 Å². The lowest BCUT2D eigenvalue weighted by Gasteiger charge is -2.03. The van der Waals surface area contributed by atoms with E-state index in [2.05, 4.69) is 15.4 Å². The molecule has 3 aromatic heterocycles. The van der Waals surface area contributed by atoms with Gasteiger partial charge in [0.15, 0.2) is 10.8 Å². The Hall–Kier alpha value is -2.41. The van der Waals surface area contributed by atoms with E-state index < -0.39 is 0 Å². The van der Waals surface area contributed by atoms with E-state index in [9.17, 15) is 4.79 Å². The molecule has 0 unspecified atom stereocenters. The van der Waals surface area contributed by atoms with E-state index in [1.807, 2.05) is 32.2 Å². The van der Waals surface area contributed by atoms with Crippen LogP contribution in [-0.4, -0.2) is 20.7 Å². The third-order valence-corrected chi connectivity index (χ3v) is 3.90. The maximum Gasteiger partial charge on any atom is 0.271 e. The van der Waals surface area contributed by atoms with Crippen molar-refractivity contribution in [3.8, 4) is 10.8 Å². The highest BCUT2D eigenvalue weighted by atomic mass is 32.1. The van der Waals surface area contributed by atoms with Gasteiger partial charge in [-0.25, -0.2) is 4.98 Å². The molecule has 0 saturated heterocycles. The molecule has 0 radical (unpaired) electrons. The summed E-state index contributed by atoms with van der Waals surface area (Å²) < 4.78 is 7.22. The fourth-order valence-corrected chi connectivity index (χ4v) is 2.64. The second-order valence-corrected chi connectivity index (χ2v) is 5.44. The molecule has 3 heterocycles. The quantitative estimate of drug-likeness (QED) is 0.803. The van der Waals surface area contributed by atoms with Crippen LogP contribution in [0.3, 0.4) is 0 Å². The van der Waals surface area contributed by atoms with Gasteiger partial charge in [-0.15, -0.1) is 11.3 Å². The summed E-state index contributed by atoms with van der Waals surface area (Å²) in [7, 11) is 1.83. The fourth-order valence-electron chi connectivity index (χ4n) is 1.88. The molecule has 0 spiro atoms. The first-order valence-corrected chi connectivity index (χ1v) is 7.29. The minimum atomic E-state index is -0.207. The van der Waals surface area contributed by atoms with Crippen LogP contribution in [0.15, 0.2) is 34.2 Å². The number of hydrogen-bond donors (Lipinski definition) is 1. The first kappa shape index (κ1) is 13.6. The van der Waals surface area contributed by atoms with Gasteiger partial charge < -0.3 is 9.73 Å². The van der Waals surface area contributed by atoms with Gasteiger partial charge in [0.25, 0.3) is 5.91 Å². The number of hydrogen-bond acceptors (Lipinski definition) is 5. The Morgan fingerprint density at radius 1 is 1.43 bits per heavy atom. The summed E-state index contributed by atoms with van der Waals surface area (Å²) in [6.45, 7) is 2.29. The van der Waals surface area contributed by atoms with E-state index in [0.717, 1.165) is 11.5 Å². The number of aromatic nitrogens is 3. The highest BCUT2D eigenvalue weighted by Crippen LogP contribution is 2.25. The van der Waals surface area contributed by atoms with E-state index in [1.165, 1.54) is 11.3 Å². The van der Waals surface area contributed by atoms with Crippen molar-refractivity contribution in [3.63, 3.8) is 0 Å². The molecule has 1 N–H and O–H groups in total. The van der Waals surface area contributed by atoms with Gasteiger partial charge in [0.1, 0.15) is 11.5 Å². The molecule has 3 rings (SSSR count). The van der Waals surface area contributed by atoms with Gasteiger partial charge in [-0.2, -0.15) is 5.10 Å². The molecule has 21 heavy (non-hydrogen) atoms. The van der Waals surface area contributed by atoms with E-state index in [4.69, 9.17) is 4.42 Å². The molecule has 7 heteroatoms. The largest absolute Gasteiger partial charge is 0.459 e. The zero-order valence-corrected chi connectivity index (χ0v) is 12.5. The van der Waals surface area contributed by atoms with Crippen LogP contribution in [0.5, 0.6) is 0 Å². The van der Waals surface area contributed by atoms with Gasteiger partial charge in [-0.1, -0.05) is 0 Å². The fraction of sp³-hybridized carbons (Fsp3) is 0.214. The van der Waals surface area contributed by atoms with E-state index >= 15 is 0 Å². The van der Waals surface area contributed by atoms with Crippen LogP contribution in [0.4, 0.5) is 0 Å². The number of carbonyl (C=O) groups is 1. The van der Waals surface area contributed by atoms with Crippen LogP contribution in [0.25, 0.3) is 10.8 Å². The molecule has 108 valence electrons. The Kier molecular flexibility index (Phi) is 3.57. The van der Waals surface area contributed by atoms with Crippen molar-refractivity contribution >= 4 is 17.2 Å². The molecule has 0 fully saturated rings. The van der Waals surface area contributed by atoms with Crippen LogP contribution in [0.1, 0.15) is 21.9 Å². The summed E-state index contributed by atoms with van der Waals surface area (Å²) in [5, 5.41) is 9.31. The second kappa shape index (κ2) is 5.53. The summed E-state index contributed by atoms with van der Waals surface area (Å²) in [5.74, 6) is 1.30.